The maximum Gasteiger partial charge on any atom is 0.226 e. The first-order chi connectivity index (χ1) is 8.18. The zero-order chi connectivity index (χ0) is 12.0. The molecule has 94 valence electrons. The highest BCUT2D eigenvalue weighted by molar-refractivity contribution is 5.85. The molecule has 3 fully saturated rings. The number of aliphatic carboxylic acids is 1. The monoisotopic (exact) mass is 236 g/mol. The lowest BCUT2D eigenvalue weighted by Crippen LogP contribution is -2.46. The zero-order valence-corrected chi connectivity index (χ0v) is 9.93. The molecular formula is C13H18NO3-. The summed E-state index contributed by atoms with van der Waals surface area (Å²) in [5.74, 6) is -1.21. The third kappa shape index (κ3) is 1.65. The third-order valence-electron chi connectivity index (χ3n) is 4.89. The summed E-state index contributed by atoms with van der Waals surface area (Å²) in [5.41, 5.74) is 0. The molecule has 1 amide bonds. The molecule has 4 atom stereocenters. The second kappa shape index (κ2) is 4.00. The molecule has 2 bridgehead atoms. The molecule has 0 aromatic carbocycles. The maximum atomic E-state index is 12.4. The van der Waals surface area contributed by atoms with Crippen LogP contribution in [0, 0.1) is 23.7 Å². The Morgan fingerprint density at radius 2 is 1.59 bits per heavy atom. The molecule has 0 radical (unpaired) electrons. The van der Waals surface area contributed by atoms with Crippen molar-refractivity contribution < 1.29 is 14.7 Å². The quantitative estimate of drug-likeness (QED) is 0.679. The zero-order valence-electron chi connectivity index (χ0n) is 9.93. The Hall–Kier alpha value is -1.06. The van der Waals surface area contributed by atoms with Crippen molar-refractivity contribution in [2.45, 2.75) is 32.1 Å². The molecule has 17 heavy (non-hydrogen) atoms. The van der Waals surface area contributed by atoms with Crippen LogP contribution in [0.5, 0.6) is 0 Å². The first kappa shape index (κ1) is 11.1. The molecule has 0 aromatic heterocycles. The van der Waals surface area contributed by atoms with Gasteiger partial charge in [-0.05, 0) is 43.9 Å². The van der Waals surface area contributed by atoms with E-state index in [1.54, 1.807) is 0 Å². The summed E-state index contributed by atoms with van der Waals surface area (Å²) in [6.45, 7) is 1.62. The Morgan fingerprint density at radius 1 is 1.00 bits per heavy atom. The Labute approximate surface area is 101 Å². The number of fused-ring (bicyclic) bond motifs is 2. The van der Waals surface area contributed by atoms with Gasteiger partial charge < -0.3 is 14.8 Å². The highest BCUT2D eigenvalue weighted by Gasteiger charge is 2.52. The highest BCUT2D eigenvalue weighted by atomic mass is 16.4. The molecule has 1 saturated heterocycles. The minimum Gasteiger partial charge on any atom is -0.550 e. The average Bonchev–Trinajstić information content (AvgIpc) is 3.02. The van der Waals surface area contributed by atoms with Crippen molar-refractivity contribution in [3.63, 3.8) is 0 Å². The standard InChI is InChI=1S/C13H19NO3/c15-12(14-5-1-2-6-14)10-8-3-4-9(7-8)11(10)13(16)17/h8-11H,1-7H2,(H,16,17)/p-1/t8-,9+,10-,11+/m1/s1. The van der Waals surface area contributed by atoms with E-state index in [0.29, 0.717) is 5.92 Å². The molecule has 0 N–H and O–H groups in total. The van der Waals surface area contributed by atoms with Gasteiger partial charge in [0.2, 0.25) is 5.91 Å². The molecule has 2 aliphatic carbocycles. The van der Waals surface area contributed by atoms with Crippen molar-refractivity contribution in [3.8, 4) is 0 Å². The molecule has 3 rings (SSSR count). The molecular weight excluding hydrogens is 218 g/mol. The molecule has 3 aliphatic rings. The first-order valence-electron chi connectivity index (χ1n) is 6.68. The van der Waals surface area contributed by atoms with Gasteiger partial charge in [0.1, 0.15) is 0 Å². The molecule has 0 unspecified atom stereocenters. The van der Waals surface area contributed by atoms with E-state index >= 15 is 0 Å². The lowest BCUT2D eigenvalue weighted by atomic mass is 9.78. The fraction of sp³-hybridized carbons (Fsp3) is 0.846. The van der Waals surface area contributed by atoms with Crippen molar-refractivity contribution in [3.05, 3.63) is 0 Å². The summed E-state index contributed by atoms with van der Waals surface area (Å²) in [4.78, 5) is 25.5. The van der Waals surface area contributed by atoms with Crippen LogP contribution >= 0.6 is 0 Å². The molecule has 1 heterocycles. The van der Waals surface area contributed by atoms with Gasteiger partial charge in [-0.25, -0.2) is 0 Å². The largest absolute Gasteiger partial charge is 0.550 e. The number of amides is 1. The predicted octanol–water partition coefficient (Wildman–Crippen LogP) is 0.0210. The summed E-state index contributed by atoms with van der Waals surface area (Å²) >= 11 is 0. The van der Waals surface area contributed by atoms with Crippen molar-refractivity contribution in [2.24, 2.45) is 23.7 Å². The number of rotatable bonds is 2. The van der Waals surface area contributed by atoms with Crippen LogP contribution in [0.15, 0.2) is 0 Å². The van der Waals surface area contributed by atoms with E-state index in [1.807, 2.05) is 4.90 Å². The van der Waals surface area contributed by atoms with Crippen LogP contribution in [0.25, 0.3) is 0 Å². The van der Waals surface area contributed by atoms with Crippen molar-refractivity contribution >= 4 is 11.9 Å². The molecule has 1 aliphatic heterocycles. The van der Waals surface area contributed by atoms with Crippen molar-refractivity contribution in [1.29, 1.82) is 0 Å². The second-order valence-electron chi connectivity index (χ2n) is 5.74. The first-order valence-corrected chi connectivity index (χ1v) is 6.68. The number of carboxylic acids is 1. The van der Waals surface area contributed by atoms with Crippen LogP contribution < -0.4 is 5.11 Å². The normalized spacial score (nSPS) is 39.9. The van der Waals surface area contributed by atoms with E-state index < -0.39 is 11.9 Å². The summed E-state index contributed by atoms with van der Waals surface area (Å²) in [6.07, 6.45) is 5.03. The van der Waals surface area contributed by atoms with E-state index in [2.05, 4.69) is 0 Å². The van der Waals surface area contributed by atoms with E-state index in [1.165, 1.54) is 0 Å². The summed E-state index contributed by atoms with van der Waals surface area (Å²) in [6, 6.07) is 0. The number of carboxylic acid groups (broad SMARTS) is 1. The summed E-state index contributed by atoms with van der Waals surface area (Å²) < 4.78 is 0. The topological polar surface area (TPSA) is 60.4 Å². The molecule has 4 nitrogen and oxygen atoms in total. The van der Waals surface area contributed by atoms with Gasteiger partial charge in [-0.3, -0.25) is 4.79 Å². The SMILES string of the molecule is O=C([O-])[C@H]1[C@H]2CC[C@H](C2)[C@H]1C(=O)N1CCCC1. The third-order valence-corrected chi connectivity index (χ3v) is 4.89. The molecule has 2 saturated carbocycles. The number of hydrogen-bond acceptors (Lipinski definition) is 3. The molecule has 0 spiro atoms. The lowest BCUT2D eigenvalue weighted by Gasteiger charge is -2.33. The number of hydrogen-bond donors (Lipinski definition) is 0. The molecule has 4 heteroatoms. The number of nitrogens with zero attached hydrogens (tertiary/aromatic N) is 1. The average molecular weight is 236 g/mol. The van der Waals surface area contributed by atoms with Crippen molar-refractivity contribution in [1.82, 2.24) is 4.90 Å². The van der Waals surface area contributed by atoms with Crippen LogP contribution in [-0.2, 0) is 9.59 Å². The van der Waals surface area contributed by atoms with Gasteiger partial charge in [0.05, 0.1) is 0 Å². The fourth-order valence-corrected chi connectivity index (χ4v) is 4.13. The Balaban J connectivity index is 1.80. The van der Waals surface area contributed by atoms with Crippen LogP contribution in [0.4, 0.5) is 0 Å². The van der Waals surface area contributed by atoms with Gasteiger partial charge in [-0.15, -0.1) is 0 Å². The number of likely N-dealkylation sites (tertiary alicyclic amines) is 1. The number of carbonyl (C=O) groups is 2. The Kier molecular flexibility index (Phi) is 2.60. The van der Waals surface area contributed by atoms with E-state index in [0.717, 1.165) is 45.2 Å². The lowest BCUT2D eigenvalue weighted by molar-refractivity contribution is -0.314. The van der Waals surface area contributed by atoms with Gasteiger partial charge >= 0.3 is 0 Å². The maximum absolute atomic E-state index is 12.4. The van der Waals surface area contributed by atoms with Gasteiger partial charge in [0.25, 0.3) is 0 Å². The van der Waals surface area contributed by atoms with Crippen LogP contribution in [0.2, 0.25) is 0 Å². The van der Waals surface area contributed by atoms with Gasteiger partial charge in [0, 0.05) is 30.9 Å². The Morgan fingerprint density at radius 3 is 2.18 bits per heavy atom. The molecule has 0 aromatic rings. The van der Waals surface area contributed by atoms with E-state index in [4.69, 9.17) is 0 Å². The van der Waals surface area contributed by atoms with Crippen molar-refractivity contribution in [2.75, 3.05) is 13.1 Å². The van der Waals surface area contributed by atoms with Crippen LogP contribution in [-0.4, -0.2) is 29.9 Å². The van der Waals surface area contributed by atoms with Gasteiger partial charge in [-0.1, -0.05) is 0 Å². The van der Waals surface area contributed by atoms with E-state index in [-0.39, 0.29) is 17.7 Å². The fourth-order valence-electron chi connectivity index (χ4n) is 4.13. The minimum atomic E-state index is -1.00. The second-order valence-corrected chi connectivity index (χ2v) is 5.74. The van der Waals surface area contributed by atoms with Gasteiger partial charge in [-0.2, -0.15) is 0 Å². The Bertz CT molecular complexity index is 349. The number of carbonyl (C=O) groups excluding carboxylic acids is 2. The summed E-state index contributed by atoms with van der Waals surface area (Å²) in [7, 11) is 0. The van der Waals surface area contributed by atoms with Gasteiger partial charge in [0.15, 0.2) is 0 Å². The van der Waals surface area contributed by atoms with Crippen LogP contribution in [0.1, 0.15) is 32.1 Å². The summed E-state index contributed by atoms with van der Waals surface area (Å²) in [5, 5.41) is 11.2. The smallest absolute Gasteiger partial charge is 0.226 e. The minimum absolute atomic E-state index is 0.0869. The van der Waals surface area contributed by atoms with E-state index in [9.17, 15) is 14.7 Å². The highest BCUT2D eigenvalue weighted by Crippen LogP contribution is 2.52. The van der Waals surface area contributed by atoms with Crippen LogP contribution in [0.3, 0.4) is 0 Å². The predicted molar refractivity (Wildman–Crippen MR) is 58.6 cm³/mol.